The molecule has 90 valence electrons. The van der Waals surface area contributed by atoms with Gasteiger partial charge in [0, 0.05) is 13.0 Å². The summed E-state index contributed by atoms with van der Waals surface area (Å²) >= 11 is 0. The van der Waals surface area contributed by atoms with Crippen LogP contribution < -0.4 is 5.48 Å². The minimum absolute atomic E-state index is 0.0520. The molecule has 2 unspecified atom stereocenters. The molecule has 0 aromatic rings. The number of halogens is 1. The second-order valence-electron chi connectivity index (χ2n) is 3.64. The number of carbonyl (C=O) groups excluding carboxylic acids is 2. The molecule has 0 spiro atoms. The highest BCUT2D eigenvalue weighted by atomic mass is 32.3. The summed E-state index contributed by atoms with van der Waals surface area (Å²) in [7, 11) is -4.75. The van der Waals surface area contributed by atoms with Gasteiger partial charge < -0.3 is 4.90 Å². The standard InChI is InChI=1S/C7H9FN2O5S/c8-16(13,14)4-1-6(11)10(2-4)5-3-15-9-7(5)12/h4-5H,1-3H2,(H,9,12). The van der Waals surface area contributed by atoms with E-state index in [1.165, 1.54) is 0 Å². The molecule has 2 saturated heterocycles. The van der Waals surface area contributed by atoms with Gasteiger partial charge in [0.25, 0.3) is 5.91 Å². The third-order valence-electron chi connectivity index (χ3n) is 2.61. The number of nitrogens with zero attached hydrogens (tertiary/aromatic N) is 1. The summed E-state index contributed by atoms with van der Waals surface area (Å²) in [6.07, 6.45) is -0.428. The Balaban J connectivity index is 2.14. The lowest BCUT2D eigenvalue weighted by Gasteiger charge is -2.19. The van der Waals surface area contributed by atoms with E-state index in [0.29, 0.717) is 0 Å². The van der Waals surface area contributed by atoms with Gasteiger partial charge in [-0.3, -0.25) is 14.4 Å². The maximum Gasteiger partial charge on any atom is 0.307 e. The first-order valence-corrected chi connectivity index (χ1v) is 5.99. The van der Waals surface area contributed by atoms with Crippen LogP contribution in [0.3, 0.4) is 0 Å². The van der Waals surface area contributed by atoms with Gasteiger partial charge in [-0.1, -0.05) is 0 Å². The molecule has 2 fully saturated rings. The zero-order valence-electron chi connectivity index (χ0n) is 8.05. The minimum atomic E-state index is -4.75. The van der Waals surface area contributed by atoms with Crippen molar-refractivity contribution in [1.82, 2.24) is 10.4 Å². The van der Waals surface area contributed by atoms with Crippen molar-refractivity contribution >= 4 is 22.0 Å². The van der Waals surface area contributed by atoms with Crippen LogP contribution in [0.1, 0.15) is 6.42 Å². The van der Waals surface area contributed by atoms with E-state index in [4.69, 9.17) is 0 Å². The molecule has 7 nitrogen and oxygen atoms in total. The quantitative estimate of drug-likeness (QED) is 0.592. The lowest BCUT2D eigenvalue weighted by molar-refractivity contribution is -0.135. The minimum Gasteiger partial charge on any atom is -0.327 e. The van der Waals surface area contributed by atoms with Crippen LogP contribution in [0.4, 0.5) is 3.89 Å². The van der Waals surface area contributed by atoms with E-state index in [1.54, 1.807) is 0 Å². The summed E-state index contributed by atoms with van der Waals surface area (Å²) < 4.78 is 34.0. The first kappa shape index (κ1) is 11.3. The van der Waals surface area contributed by atoms with Crippen LogP contribution in [0.5, 0.6) is 0 Å². The van der Waals surface area contributed by atoms with E-state index >= 15 is 0 Å². The Labute approximate surface area is 90.7 Å². The number of nitrogens with one attached hydrogen (secondary N) is 1. The van der Waals surface area contributed by atoms with Gasteiger partial charge in [0.15, 0.2) is 0 Å². The highest BCUT2D eigenvalue weighted by Gasteiger charge is 2.44. The summed E-state index contributed by atoms with van der Waals surface area (Å²) in [6, 6.07) is -0.862. The number of hydroxylamine groups is 1. The van der Waals surface area contributed by atoms with Crippen molar-refractivity contribution in [3.63, 3.8) is 0 Å². The van der Waals surface area contributed by atoms with Gasteiger partial charge in [-0.25, -0.2) is 5.48 Å². The van der Waals surface area contributed by atoms with Crippen molar-refractivity contribution in [3.05, 3.63) is 0 Å². The zero-order valence-corrected chi connectivity index (χ0v) is 8.87. The van der Waals surface area contributed by atoms with Crippen molar-refractivity contribution in [3.8, 4) is 0 Å². The molecule has 0 aromatic heterocycles. The summed E-state index contributed by atoms with van der Waals surface area (Å²) in [6.45, 7) is -0.358. The van der Waals surface area contributed by atoms with E-state index in [0.717, 1.165) is 4.90 Å². The molecule has 9 heteroatoms. The van der Waals surface area contributed by atoms with Crippen LogP contribution in [-0.2, 0) is 24.6 Å². The Morgan fingerprint density at radius 3 is 2.56 bits per heavy atom. The SMILES string of the molecule is O=C1NOCC1N1CC(S(=O)(=O)F)CC1=O. The Kier molecular flexibility index (Phi) is 2.58. The molecule has 0 radical (unpaired) electrons. The Bertz CT molecular complexity index is 436. The maximum atomic E-state index is 12.7. The number of hydrogen-bond donors (Lipinski definition) is 1. The number of rotatable bonds is 2. The van der Waals surface area contributed by atoms with Crippen molar-refractivity contribution in [2.45, 2.75) is 17.7 Å². The largest absolute Gasteiger partial charge is 0.327 e. The smallest absolute Gasteiger partial charge is 0.307 e. The number of carbonyl (C=O) groups is 2. The first-order valence-electron chi connectivity index (χ1n) is 4.54. The van der Waals surface area contributed by atoms with Crippen LogP contribution in [0.15, 0.2) is 0 Å². The Morgan fingerprint density at radius 2 is 2.12 bits per heavy atom. The summed E-state index contributed by atoms with van der Waals surface area (Å²) in [5.74, 6) is -1.08. The van der Waals surface area contributed by atoms with Gasteiger partial charge in [0.2, 0.25) is 5.91 Å². The highest BCUT2D eigenvalue weighted by molar-refractivity contribution is 7.87. The van der Waals surface area contributed by atoms with Gasteiger partial charge in [0.1, 0.15) is 17.9 Å². The van der Waals surface area contributed by atoms with E-state index in [2.05, 4.69) is 4.84 Å². The Hall–Kier alpha value is -1.22. The average Bonchev–Trinajstić information content (AvgIpc) is 2.70. The van der Waals surface area contributed by atoms with E-state index < -0.39 is 39.8 Å². The second-order valence-corrected chi connectivity index (χ2v) is 5.26. The molecule has 2 atom stereocenters. The van der Waals surface area contributed by atoms with E-state index in [9.17, 15) is 21.9 Å². The predicted molar refractivity (Wildman–Crippen MR) is 48.0 cm³/mol. The van der Waals surface area contributed by atoms with Crippen molar-refractivity contribution in [2.24, 2.45) is 0 Å². The maximum absolute atomic E-state index is 12.7. The molecular weight excluding hydrogens is 243 g/mol. The van der Waals surface area contributed by atoms with Crippen molar-refractivity contribution in [2.75, 3.05) is 13.2 Å². The molecule has 16 heavy (non-hydrogen) atoms. The van der Waals surface area contributed by atoms with Crippen LogP contribution in [-0.4, -0.2) is 49.6 Å². The van der Waals surface area contributed by atoms with Gasteiger partial charge >= 0.3 is 10.2 Å². The van der Waals surface area contributed by atoms with E-state index in [1.807, 2.05) is 5.48 Å². The summed E-state index contributed by atoms with van der Waals surface area (Å²) in [5, 5.41) is -1.38. The zero-order chi connectivity index (χ0) is 11.9. The van der Waals surface area contributed by atoms with Crippen molar-refractivity contribution in [1.29, 1.82) is 0 Å². The topological polar surface area (TPSA) is 92.8 Å². The molecule has 2 aliphatic rings. The molecular formula is C7H9FN2O5S. The fourth-order valence-corrected chi connectivity index (χ4v) is 2.43. The van der Waals surface area contributed by atoms with Crippen LogP contribution in [0, 0.1) is 0 Å². The monoisotopic (exact) mass is 252 g/mol. The lowest BCUT2D eigenvalue weighted by atomic mass is 10.3. The van der Waals surface area contributed by atoms with Crippen LogP contribution >= 0.6 is 0 Å². The molecule has 2 rings (SSSR count). The molecule has 1 N–H and O–H groups in total. The molecule has 0 bridgehead atoms. The fraction of sp³-hybridized carbons (Fsp3) is 0.714. The van der Waals surface area contributed by atoms with Crippen molar-refractivity contribution < 1.29 is 26.7 Å². The summed E-state index contributed by atoms with van der Waals surface area (Å²) in [5.41, 5.74) is 2.04. The average molecular weight is 252 g/mol. The second kappa shape index (κ2) is 3.67. The van der Waals surface area contributed by atoms with Gasteiger partial charge in [0.05, 0.1) is 0 Å². The van der Waals surface area contributed by atoms with Gasteiger partial charge in [-0.05, 0) is 0 Å². The van der Waals surface area contributed by atoms with Crippen LogP contribution in [0.25, 0.3) is 0 Å². The predicted octanol–water partition coefficient (Wildman–Crippen LogP) is -1.68. The third-order valence-corrected chi connectivity index (χ3v) is 3.73. The highest BCUT2D eigenvalue weighted by Crippen LogP contribution is 2.22. The number of amides is 2. The van der Waals surface area contributed by atoms with Gasteiger partial charge in [-0.15, -0.1) is 3.89 Å². The van der Waals surface area contributed by atoms with Crippen LogP contribution in [0.2, 0.25) is 0 Å². The molecule has 0 saturated carbocycles. The molecule has 0 aliphatic carbocycles. The molecule has 2 heterocycles. The molecule has 2 aliphatic heterocycles. The first-order chi connectivity index (χ1) is 7.39. The summed E-state index contributed by atoms with van der Waals surface area (Å²) in [4.78, 5) is 28.3. The Morgan fingerprint density at radius 1 is 1.44 bits per heavy atom. The van der Waals surface area contributed by atoms with Gasteiger partial charge in [-0.2, -0.15) is 8.42 Å². The molecule has 2 amide bonds. The number of likely N-dealkylation sites (tertiary alicyclic amines) is 1. The van der Waals surface area contributed by atoms with E-state index in [-0.39, 0.29) is 13.2 Å². The lowest BCUT2D eigenvalue weighted by Crippen LogP contribution is -2.43. The normalized spacial score (nSPS) is 30.9. The third kappa shape index (κ3) is 1.87. The fourth-order valence-electron chi connectivity index (χ4n) is 1.75. The molecule has 0 aromatic carbocycles. The number of hydrogen-bond acceptors (Lipinski definition) is 5.